The Hall–Kier alpha value is -3.23. The third-order valence-corrected chi connectivity index (χ3v) is 4.73. The number of carbonyl (C=O) groups is 3. The van der Waals surface area contributed by atoms with Gasteiger partial charge >= 0.3 is 12.0 Å². The van der Waals surface area contributed by atoms with Crippen LogP contribution >= 0.6 is 0 Å². The number of rotatable bonds is 5. The van der Waals surface area contributed by atoms with E-state index in [-0.39, 0.29) is 11.6 Å². The minimum absolute atomic E-state index is 0.0792. The van der Waals surface area contributed by atoms with E-state index in [0.717, 1.165) is 25.7 Å². The highest BCUT2D eigenvalue weighted by Gasteiger charge is 2.23. The fourth-order valence-corrected chi connectivity index (χ4v) is 3.13. The van der Waals surface area contributed by atoms with Crippen LogP contribution in [0.3, 0.4) is 0 Å². The Morgan fingerprint density at radius 2 is 1.83 bits per heavy atom. The molecule has 1 aromatic carbocycles. The van der Waals surface area contributed by atoms with Crippen LogP contribution in [0.2, 0.25) is 0 Å². The lowest BCUT2D eigenvalue weighted by Crippen LogP contribution is -2.48. The molecule has 1 atom stereocenters. The first-order valence-corrected chi connectivity index (χ1v) is 9.65. The fourth-order valence-electron chi connectivity index (χ4n) is 3.13. The fraction of sp³-hybridized carbons (Fsp3) is 0.450. The number of hydrogen-bond donors (Lipinski definition) is 2. The number of nitrogens with zero attached hydrogens (tertiary/aromatic N) is 2. The maximum atomic E-state index is 12.3. The molecule has 0 bridgehead atoms. The number of benzene rings is 1. The van der Waals surface area contributed by atoms with Gasteiger partial charge in [-0.15, -0.1) is 0 Å². The molecule has 1 aliphatic rings. The number of esters is 1. The third kappa shape index (κ3) is 5.63. The molecular formula is C20H24N4O5. The molecule has 0 aliphatic heterocycles. The van der Waals surface area contributed by atoms with Gasteiger partial charge in [-0.1, -0.05) is 24.4 Å². The largest absolute Gasteiger partial charge is 0.449 e. The molecule has 1 aliphatic carbocycles. The molecule has 0 saturated heterocycles. The van der Waals surface area contributed by atoms with E-state index in [1.807, 2.05) is 0 Å². The van der Waals surface area contributed by atoms with Crippen molar-refractivity contribution in [2.24, 2.45) is 0 Å². The Kier molecular flexibility index (Phi) is 6.58. The minimum atomic E-state index is -1.11. The van der Waals surface area contributed by atoms with Crippen molar-refractivity contribution in [3.63, 3.8) is 0 Å². The zero-order valence-corrected chi connectivity index (χ0v) is 16.4. The van der Waals surface area contributed by atoms with Gasteiger partial charge in [0.1, 0.15) is 0 Å². The highest BCUT2D eigenvalue weighted by Crippen LogP contribution is 2.18. The maximum Gasteiger partial charge on any atom is 0.338 e. The molecule has 2 aromatic rings. The number of carbonyl (C=O) groups excluding carboxylic acids is 3. The summed E-state index contributed by atoms with van der Waals surface area (Å²) >= 11 is 0. The molecule has 3 amide bonds. The molecule has 0 radical (unpaired) electrons. The number of imide groups is 1. The Morgan fingerprint density at radius 3 is 2.45 bits per heavy atom. The first kappa shape index (κ1) is 20.5. The van der Waals surface area contributed by atoms with Gasteiger partial charge in [-0.3, -0.25) is 10.1 Å². The van der Waals surface area contributed by atoms with Crippen LogP contribution in [-0.2, 0) is 9.53 Å². The summed E-state index contributed by atoms with van der Waals surface area (Å²) in [5.74, 6) is -0.492. The van der Waals surface area contributed by atoms with Crippen LogP contribution in [0.1, 0.15) is 55.2 Å². The summed E-state index contributed by atoms with van der Waals surface area (Å²) in [6.45, 7) is 3.12. The predicted octanol–water partition coefficient (Wildman–Crippen LogP) is 2.75. The number of aromatic nitrogens is 2. The molecule has 3 rings (SSSR count). The van der Waals surface area contributed by atoms with Crippen LogP contribution in [0.15, 0.2) is 28.8 Å². The third-order valence-electron chi connectivity index (χ3n) is 4.73. The van der Waals surface area contributed by atoms with Crippen molar-refractivity contribution in [2.75, 3.05) is 0 Å². The molecule has 0 spiro atoms. The van der Waals surface area contributed by atoms with Gasteiger partial charge in [0.2, 0.25) is 0 Å². The van der Waals surface area contributed by atoms with E-state index < -0.39 is 24.0 Å². The lowest BCUT2D eigenvalue weighted by Gasteiger charge is -2.23. The second-order valence-electron chi connectivity index (χ2n) is 7.07. The zero-order chi connectivity index (χ0) is 20.8. The van der Waals surface area contributed by atoms with Gasteiger partial charge in [-0.05, 0) is 51.0 Å². The number of aryl methyl sites for hydroxylation is 1. The average molecular weight is 400 g/mol. The molecule has 9 heteroatoms. The van der Waals surface area contributed by atoms with E-state index >= 15 is 0 Å². The van der Waals surface area contributed by atoms with Crippen molar-refractivity contribution < 1.29 is 23.6 Å². The summed E-state index contributed by atoms with van der Waals surface area (Å²) < 4.78 is 10.2. The number of urea groups is 1. The quantitative estimate of drug-likeness (QED) is 0.740. The SMILES string of the molecule is Cc1noc(-c2ccc(C(=O)OC(C)C(=O)NC(=O)NC3CCCCC3)cc2)n1. The Morgan fingerprint density at radius 1 is 1.14 bits per heavy atom. The summed E-state index contributed by atoms with van der Waals surface area (Å²) in [6.07, 6.45) is 4.01. The van der Waals surface area contributed by atoms with Crippen molar-refractivity contribution >= 4 is 17.9 Å². The predicted molar refractivity (Wildman–Crippen MR) is 103 cm³/mol. The highest BCUT2D eigenvalue weighted by atomic mass is 16.5. The van der Waals surface area contributed by atoms with Crippen LogP contribution in [0, 0.1) is 6.92 Å². The van der Waals surface area contributed by atoms with Crippen LogP contribution in [0.5, 0.6) is 0 Å². The molecule has 1 aromatic heterocycles. The van der Waals surface area contributed by atoms with E-state index in [1.54, 1.807) is 19.1 Å². The van der Waals surface area contributed by atoms with Crippen LogP contribution in [0.4, 0.5) is 4.79 Å². The van der Waals surface area contributed by atoms with E-state index in [0.29, 0.717) is 17.3 Å². The lowest BCUT2D eigenvalue weighted by atomic mass is 9.96. The van der Waals surface area contributed by atoms with Crippen molar-refractivity contribution in [1.29, 1.82) is 0 Å². The number of amides is 3. The summed E-state index contributed by atoms with van der Waals surface area (Å²) in [4.78, 5) is 40.5. The maximum absolute atomic E-state index is 12.3. The second-order valence-corrected chi connectivity index (χ2v) is 7.07. The van der Waals surface area contributed by atoms with Gasteiger partial charge in [0.05, 0.1) is 5.56 Å². The number of nitrogens with one attached hydrogen (secondary N) is 2. The monoisotopic (exact) mass is 400 g/mol. The van der Waals surface area contributed by atoms with Crippen molar-refractivity contribution in [3.05, 3.63) is 35.7 Å². The molecule has 2 N–H and O–H groups in total. The van der Waals surface area contributed by atoms with Gasteiger partial charge in [0.15, 0.2) is 11.9 Å². The highest BCUT2D eigenvalue weighted by molar-refractivity contribution is 5.98. The van der Waals surface area contributed by atoms with Crippen LogP contribution < -0.4 is 10.6 Å². The molecule has 1 unspecified atom stereocenters. The summed E-state index contributed by atoms with van der Waals surface area (Å²) in [5.41, 5.74) is 0.920. The normalized spacial score (nSPS) is 15.4. The van der Waals surface area contributed by atoms with E-state index in [1.165, 1.54) is 25.5 Å². The molecule has 29 heavy (non-hydrogen) atoms. The van der Waals surface area contributed by atoms with E-state index in [4.69, 9.17) is 9.26 Å². The average Bonchev–Trinajstić information content (AvgIpc) is 3.15. The smallest absolute Gasteiger partial charge is 0.338 e. The first-order chi connectivity index (χ1) is 13.9. The van der Waals surface area contributed by atoms with Crippen LogP contribution in [0.25, 0.3) is 11.5 Å². The Labute approximate surface area is 168 Å². The Bertz CT molecular complexity index is 871. The van der Waals surface area contributed by atoms with Gasteiger partial charge in [0.25, 0.3) is 11.8 Å². The molecule has 1 saturated carbocycles. The Balaban J connectivity index is 1.50. The first-order valence-electron chi connectivity index (χ1n) is 9.65. The molecule has 1 heterocycles. The van der Waals surface area contributed by atoms with Gasteiger partial charge in [0, 0.05) is 11.6 Å². The standard InChI is InChI=1S/C20H24N4O5/c1-12(17(25)23-20(27)22-16-6-4-3-5-7-16)28-19(26)15-10-8-14(9-11-15)18-21-13(2)24-29-18/h8-12,16H,3-7H2,1-2H3,(H2,22,23,25,27). The van der Waals surface area contributed by atoms with Crippen molar-refractivity contribution in [3.8, 4) is 11.5 Å². The molecule has 1 fully saturated rings. The second kappa shape index (κ2) is 9.31. The van der Waals surface area contributed by atoms with E-state index in [9.17, 15) is 14.4 Å². The zero-order valence-electron chi connectivity index (χ0n) is 16.4. The molecular weight excluding hydrogens is 376 g/mol. The van der Waals surface area contributed by atoms with E-state index in [2.05, 4.69) is 20.8 Å². The van der Waals surface area contributed by atoms with Crippen molar-refractivity contribution in [2.45, 2.75) is 58.1 Å². The summed E-state index contributed by atoms with van der Waals surface area (Å²) in [5, 5.41) is 8.72. The van der Waals surface area contributed by atoms with Gasteiger partial charge in [-0.2, -0.15) is 4.98 Å². The van der Waals surface area contributed by atoms with Crippen LogP contribution in [-0.4, -0.2) is 40.2 Å². The van der Waals surface area contributed by atoms with Crippen molar-refractivity contribution in [1.82, 2.24) is 20.8 Å². The molecule has 154 valence electrons. The lowest BCUT2D eigenvalue weighted by molar-refractivity contribution is -0.127. The number of ether oxygens (including phenoxy) is 1. The summed E-state index contributed by atoms with van der Waals surface area (Å²) in [7, 11) is 0. The molecule has 9 nitrogen and oxygen atoms in total. The summed E-state index contributed by atoms with van der Waals surface area (Å²) in [6, 6.07) is 5.88. The topological polar surface area (TPSA) is 123 Å². The van der Waals surface area contributed by atoms with Gasteiger partial charge < -0.3 is 14.6 Å². The number of hydrogen-bond acceptors (Lipinski definition) is 7. The van der Waals surface area contributed by atoms with Gasteiger partial charge in [-0.25, -0.2) is 9.59 Å². The minimum Gasteiger partial charge on any atom is -0.449 e.